The van der Waals surface area contributed by atoms with Gasteiger partial charge in [-0.1, -0.05) is 36.4 Å². The molecule has 0 saturated carbocycles. The largest absolute Gasteiger partial charge is 0.508 e. The van der Waals surface area contributed by atoms with Gasteiger partial charge in [-0.05, 0) is 65.9 Å². The fourth-order valence-electron chi connectivity index (χ4n) is 2.91. The molecule has 24 heavy (non-hydrogen) atoms. The van der Waals surface area contributed by atoms with Crippen LogP contribution in [-0.4, -0.2) is 15.3 Å². The molecule has 122 valence electrons. The van der Waals surface area contributed by atoms with E-state index in [0.717, 1.165) is 29.5 Å². The Labute approximate surface area is 141 Å². The molecular formula is C21H20O3. The molecule has 0 unspecified atom stereocenters. The number of phenolic OH excluding ortho intramolecular Hbond substituents is 3. The minimum atomic E-state index is 0.167. The van der Waals surface area contributed by atoms with Gasteiger partial charge >= 0.3 is 0 Å². The molecule has 3 heteroatoms. The summed E-state index contributed by atoms with van der Waals surface area (Å²) in [5.74, 6) is 0.941. The number of benzene rings is 3. The molecule has 3 aromatic rings. The molecule has 0 aliphatic heterocycles. The molecule has 0 amide bonds. The van der Waals surface area contributed by atoms with Crippen LogP contribution >= 0.6 is 0 Å². The van der Waals surface area contributed by atoms with Crippen molar-refractivity contribution in [3.8, 4) is 17.2 Å². The van der Waals surface area contributed by atoms with Gasteiger partial charge in [0.15, 0.2) is 0 Å². The van der Waals surface area contributed by atoms with Crippen LogP contribution in [0.25, 0.3) is 0 Å². The highest BCUT2D eigenvalue weighted by Crippen LogP contribution is 2.31. The highest BCUT2D eigenvalue weighted by molar-refractivity contribution is 5.38. The Hall–Kier alpha value is -2.94. The van der Waals surface area contributed by atoms with Crippen molar-refractivity contribution in [2.24, 2.45) is 0 Å². The van der Waals surface area contributed by atoms with E-state index >= 15 is 0 Å². The third kappa shape index (κ3) is 3.87. The fourth-order valence-corrected chi connectivity index (χ4v) is 2.91. The summed E-state index contributed by atoms with van der Waals surface area (Å²) in [5, 5.41) is 28.4. The van der Waals surface area contributed by atoms with Crippen molar-refractivity contribution >= 4 is 0 Å². The SMILES string of the molecule is Oc1ccc(CCC(c2ccc(O)cc2)c2ccc(O)cc2)cc1. The molecule has 0 atom stereocenters. The smallest absolute Gasteiger partial charge is 0.115 e. The monoisotopic (exact) mass is 320 g/mol. The zero-order valence-corrected chi connectivity index (χ0v) is 13.3. The van der Waals surface area contributed by atoms with Crippen molar-refractivity contribution < 1.29 is 15.3 Å². The Morgan fingerprint density at radius 1 is 0.542 bits per heavy atom. The average molecular weight is 320 g/mol. The van der Waals surface area contributed by atoms with E-state index in [1.165, 1.54) is 0 Å². The highest BCUT2D eigenvalue weighted by Gasteiger charge is 2.14. The lowest BCUT2D eigenvalue weighted by Gasteiger charge is -2.18. The molecule has 0 bridgehead atoms. The molecule has 0 aliphatic carbocycles. The van der Waals surface area contributed by atoms with E-state index in [9.17, 15) is 15.3 Å². The van der Waals surface area contributed by atoms with Crippen LogP contribution in [0.5, 0.6) is 17.2 Å². The lowest BCUT2D eigenvalue weighted by atomic mass is 9.86. The van der Waals surface area contributed by atoms with Crippen molar-refractivity contribution in [1.82, 2.24) is 0 Å². The third-order valence-electron chi connectivity index (χ3n) is 4.25. The van der Waals surface area contributed by atoms with Crippen LogP contribution in [0, 0.1) is 0 Å². The standard InChI is InChI=1S/C21H20O3/c22-18-8-1-15(2-9-18)3-14-21(16-4-10-19(23)11-5-16)17-6-12-20(24)13-7-17/h1-2,4-13,21-24H,3,14H2. The van der Waals surface area contributed by atoms with Crippen molar-refractivity contribution in [3.05, 3.63) is 89.5 Å². The van der Waals surface area contributed by atoms with Crippen LogP contribution in [0.2, 0.25) is 0 Å². The molecule has 3 N–H and O–H groups in total. The maximum atomic E-state index is 9.52. The second-order valence-corrected chi connectivity index (χ2v) is 5.94. The Balaban J connectivity index is 1.85. The van der Waals surface area contributed by atoms with Gasteiger partial charge in [0.05, 0.1) is 0 Å². The molecular weight excluding hydrogens is 300 g/mol. The summed E-state index contributed by atoms with van der Waals surface area (Å²) < 4.78 is 0. The summed E-state index contributed by atoms with van der Waals surface area (Å²) in [7, 11) is 0. The van der Waals surface area contributed by atoms with E-state index in [1.807, 2.05) is 36.4 Å². The molecule has 0 heterocycles. The molecule has 3 aromatic carbocycles. The van der Waals surface area contributed by atoms with Crippen LogP contribution < -0.4 is 0 Å². The molecule has 0 aliphatic rings. The molecule has 0 radical (unpaired) electrons. The summed E-state index contributed by atoms with van der Waals surface area (Å²) >= 11 is 0. The number of hydrogen-bond donors (Lipinski definition) is 3. The van der Waals surface area contributed by atoms with Crippen LogP contribution in [0.3, 0.4) is 0 Å². The van der Waals surface area contributed by atoms with E-state index in [4.69, 9.17) is 0 Å². The first-order chi connectivity index (χ1) is 11.6. The van der Waals surface area contributed by atoms with Gasteiger partial charge in [0.1, 0.15) is 17.2 Å². The van der Waals surface area contributed by atoms with Crippen molar-refractivity contribution in [2.45, 2.75) is 18.8 Å². The first-order valence-corrected chi connectivity index (χ1v) is 7.97. The van der Waals surface area contributed by atoms with Crippen LogP contribution in [0.1, 0.15) is 29.0 Å². The maximum Gasteiger partial charge on any atom is 0.115 e. The minimum absolute atomic E-state index is 0.167. The van der Waals surface area contributed by atoms with Crippen molar-refractivity contribution in [2.75, 3.05) is 0 Å². The second-order valence-electron chi connectivity index (χ2n) is 5.94. The van der Waals surface area contributed by atoms with E-state index in [-0.39, 0.29) is 23.2 Å². The van der Waals surface area contributed by atoms with Crippen molar-refractivity contribution in [1.29, 1.82) is 0 Å². The summed E-state index contributed by atoms with van der Waals surface area (Å²) in [4.78, 5) is 0. The zero-order chi connectivity index (χ0) is 16.9. The number of aryl methyl sites for hydroxylation is 1. The summed E-state index contributed by atoms with van der Waals surface area (Å²) in [5.41, 5.74) is 3.41. The molecule has 3 nitrogen and oxygen atoms in total. The third-order valence-corrected chi connectivity index (χ3v) is 4.25. The zero-order valence-electron chi connectivity index (χ0n) is 13.3. The first kappa shape index (κ1) is 15.9. The number of phenols is 3. The van der Waals surface area contributed by atoms with Gasteiger partial charge in [-0.25, -0.2) is 0 Å². The van der Waals surface area contributed by atoms with Gasteiger partial charge in [-0.15, -0.1) is 0 Å². The van der Waals surface area contributed by atoms with E-state index in [0.29, 0.717) is 0 Å². The topological polar surface area (TPSA) is 60.7 Å². The van der Waals surface area contributed by atoms with Gasteiger partial charge in [0.25, 0.3) is 0 Å². The van der Waals surface area contributed by atoms with Gasteiger partial charge < -0.3 is 15.3 Å². The van der Waals surface area contributed by atoms with Gasteiger partial charge in [0, 0.05) is 5.92 Å². The maximum absolute atomic E-state index is 9.52. The summed E-state index contributed by atoms with van der Waals surface area (Å²) in [6, 6.07) is 21.8. The van der Waals surface area contributed by atoms with Crippen LogP contribution in [-0.2, 0) is 6.42 Å². The number of rotatable bonds is 5. The molecule has 3 rings (SSSR count). The number of hydrogen-bond acceptors (Lipinski definition) is 3. The van der Waals surface area contributed by atoms with Gasteiger partial charge in [-0.2, -0.15) is 0 Å². The quantitative estimate of drug-likeness (QED) is 0.645. The lowest BCUT2D eigenvalue weighted by Crippen LogP contribution is -2.03. The van der Waals surface area contributed by atoms with Crippen LogP contribution in [0.15, 0.2) is 72.8 Å². The van der Waals surface area contributed by atoms with Gasteiger partial charge in [0.2, 0.25) is 0 Å². The number of aromatic hydroxyl groups is 3. The Morgan fingerprint density at radius 2 is 0.917 bits per heavy atom. The lowest BCUT2D eigenvalue weighted by molar-refractivity contribution is 0.474. The van der Waals surface area contributed by atoms with Crippen LogP contribution in [0.4, 0.5) is 0 Å². The Morgan fingerprint density at radius 3 is 1.33 bits per heavy atom. The normalized spacial score (nSPS) is 10.9. The fraction of sp³-hybridized carbons (Fsp3) is 0.143. The molecule has 0 aromatic heterocycles. The average Bonchev–Trinajstić information content (AvgIpc) is 2.59. The Kier molecular flexibility index (Phi) is 4.71. The second kappa shape index (κ2) is 7.09. The molecule has 0 fully saturated rings. The van der Waals surface area contributed by atoms with Crippen molar-refractivity contribution in [3.63, 3.8) is 0 Å². The van der Waals surface area contributed by atoms with E-state index in [2.05, 4.69) is 0 Å². The minimum Gasteiger partial charge on any atom is -0.508 e. The molecule has 0 spiro atoms. The summed E-state index contributed by atoms with van der Waals surface area (Å²) in [6.45, 7) is 0. The predicted molar refractivity (Wildman–Crippen MR) is 94.5 cm³/mol. The first-order valence-electron chi connectivity index (χ1n) is 7.97. The summed E-state index contributed by atoms with van der Waals surface area (Å²) in [6.07, 6.45) is 1.76. The Bertz CT molecular complexity index is 729. The van der Waals surface area contributed by atoms with E-state index < -0.39 is 0 Å². The molecule has 0 saturated heterocycles. The predicted octanol–water partition coefficient (Wildman–Crippen LogP) is 4.57. The van der Waals surface area contributed by atoms with Gasteiger partial charge in [-0.3, -0.25) is 0 Å². The highest BCUT2D eigenvalue weighted by atomic mass is 16.3. The van der Waals surface area contributed by atoms with E-state index in [1.54, 1.807) is 36.4 Å².